The van der Waals surface area contributed by atoms with Crippen molar-refractivity contribution in [3.63, 3.8) is 0 Å². The molecule has 1 aliphatic heterocycles. The smallest absolute Gasteiger partial charge is 0.322 e. The van der Waals surface area contributed by atoms with Crippen molar-refractivity contribution in [2.45, 2.75) is 31.6 Å². The van der Waals surface area contributed by atoms with Crippen LogP contribution in [0.2, 0.25) is 0 Å². The summed E-state index contributed by atoms with van der Waals surface area (Å²) in [6.07, 6.45) is -0.0554. The molecule has 1 fully saturated rings. The predicted molar refractivity (Wildman–Crippen MR) is 71.2 cm³/mol. The number of hydrogen-bond donors (Lipinski definition) is 2. The van der Waals surface area contributed by atoms with Gasteiger partial charge in [-0.25, -0.2) is 0 Å². The molecule has 0 spiro atoms. The Kier molecular flexibility index (Phi) is 5.09. The van der Waals surface area contributed by atoms with Gasteiger partial charge >= 0.3 is 5.97 Å². The summed E-state index contributed by atoms with van der Waals surface area (Å²) in [6.45, 7) is 3.25. The van der Waals surface area contributed by atoms with Crippen LogP contribution in [-0.4, -0.2) is 49.9 Å². The number of rotatable bonds is 5. The van der Waals surface area contributed by atoms with Gasteiger partial charge in [0.05, 0.1) is 5.25 Å². The zero-order valence-corrected chi connectivity index (χ0v) is 11.6. The van der Waals surface area contributed by atoms with Gasteiger partial charge in [-0.05, 0) is 13.8 Å². The van der Waals surface area contributed by atoms with Crippen LogP contribution in [-0.2, 0) is 14.4 Å². The van der Waals surface area contributed by atoms with Gasteiger partial charge in [0.2, 0.25) is 11.8 Å². The van der Waals surface area contributed by atoms with Gasteiger partial charge in [0.15, 0.2) is 0 Å². The second-order valence-corrected chi connectivity index (χ2v) is 5.89. The molecule has 6 nitrogen and oxygen atoms in total. The number of amides is 2. The van der Waals surface area contributed by atoms with Crippen LogP contribution in [0, 0.1) is 0 Å². The maximum atomic E-state index is 12.0. The van der Waals surface area contributed by atoms with Crippen molar-refractivity contribution in [3.05, 3.63) is 0 Å². The first-order valence-electron chi connectivity index (χ1n) is 5.35. The van der Waals surface area contributed by atoms with E-state index in [1.165, 1.54) is 16.7 Å². The molecule has 100 valence electrons. The van der Waals surface area contributed by atoms with Crippen LogP contribution >= 0.6 is 24.0 Å². The SMILES string of the molecule is CC(C)N1C(=O)C(CC(=O)NCC(=O)O)SC1=S. The summed E-state index contributed by atoms with van der Waals surface area (Å²) in [4.78, 5) is 35.1. The van der Waals surface area contributed by atoms with Gasteiger partial charge in [-0.1, -0.05) is 24.0 Å². The van der Waals surface area contributed by atoms with Crippen LogP contribution in [0.15, 0.2) is 0 Å². The zero-order valence-electron chi connectivity index (χ0n) is 10.0. The fourth-order valence-corrected chi connectivity index (χ4v) is 3.24. The second-order valence-electron chi connectivity index (χ2n) is 4.05. The summed E-state index contributed by atoms with van der Waals surface area (Å²) in [6, 6.07) is -0.0374. The summed E-state index contributed by atoms with van der Waals surface area (Å²) < 4.78 is 0.464. The molecule has 0 aromatic heterocycles. The van der Waals surface area contributed by atoms with E-state index in [1.807, 2.05) is 13.8 Å². The lowest BCUT2D eigenvalue weighted by molar-refractivity contribution is -0.138. The molecule has 1 aliphatic rings. The maximum Gasteiger partial charge on any atom is 0.322 e. The number of nitrogens with zero attached hydrogens (tertiary/aromatic N) is 1. The summed E-state index contributed by atoms with van der Waals surface area (Å²) in [7, 11) is 0. The van der Waals surface area contributed by atoms with E-state index in [2.05, 4.69) is 5.32 Å². The first-order chi connectivity index (χ1) is 8.32. The Balaban J connectivity index is 2.54. The molecule has 2 N–H and O–H groups in total. The Morgan fingerprint density at radius 2 is 2.17 bits per heavy atom. The number of carboxylic acid groups (broad SMARTS) is 1. The fraction of sp³-hybridized carbons (Fsp3) is 0.600. The van der Waals surface area contributed by atoms with Crippen molar-refractivity contribution in [1.82, 2.24) is 10.2 Å². The van der Waals surface area contributed by atoms with E-state index in [4.69, 9.17) is 17.3 Å². The Morgan fingerprint density at radius 3 is 2.61 bits per heavy atom. The quantitative estimate of drug-likeness (QED) is 0.704. The number of thiocarbonyl (C=S) groups is 1. The Hall–Kier alpha value is -1.15. The number of aliphatic carboxylic acids is 1. The third-order valence-corrected chi connectivity index (χ3v) is 3.81. The number of carbonyl (C=O) groups is 3. The van der Waals surface area contributed by atoms with E-state index in [1.54, 1.807) is 0 Å². The molecule has 0 aromatic rings. The van der Waals surface area contributed by atoms with Crippen LogP contribution in [0.25, 0.3) is 0 Å². The Labute approximate surface area is 114 Å². The highest BCUT2D eigenvalue weighted by Crippen LogP contribution is 2.30. The largest absolute Gasteiger partial charge is 0.480 e. The molecule has 1 rings (SSSR count). The Bertz CT molecular complexity index is 397. The maximum absolute atomic E-state index is 12.0. The standard InChI is InChI=1S/C10H14N2O4S2/c1-5(2)12-9(16)6(18-10(12)17)3-7(13)11-4-8(14)15/h5-6H,3-4H2,1-2H3,(H,11,13)(H,14,15). The average molecular weight is 290 g/mol. The number of thioether (sulfide) groups is 1. The summed E-state index contributed by atoms with van der Waals surface area (Å²) >= 11 is 6.24. The molecule has 0 aliphatic carbocycles. The van der Waals surface area contributed by atoms with E-state index in [-0.39, 0.29) is 18.4 Å². The summed E-state index contributed by atoms with van der Waals surface area (Å²) in [5, 5.41) is 10.1. The minimum absolute atomic E-state index is 0.0374. The van der Waals surface area contributed by atoms with Crippen molar-refractivity contribution in [2.75, 3.05) is 6.54 Å². The highest BCUT2D eigenvalue weighted by Gasteiger charge is 2.39. The van der Waals surface area contributed by atoms with E-state index in [0.717, 1.165) is 0 Å². The molecule has 1 unspecified atom stereocenters. The van der Waals surface area contributed by atoms with Crippen LogP contribution in [0.3, 0.4) is 0 Å². The predicted octanol–water partition coefficient (Wildman–Crippen LogP) is 0.215. The molecule has 2 amide bonds. The van der Waals surface area contributed by atoms with Crippen LogP contribution in [0.1, 0.15) is 20.3 Å². The molecule has 0 aromatic carbocycles. The number of hydrogen-bond acceptors (Lipinski definition) is 5. The molecule has 1 saturated heterocycles. The lowest BCUT2D eigenvalue weighted by atomic mass is 10.2. The van der Waals surface area contributed by atoms with Crippen molar-refractivity contribution >= 4 is 46.1 Å². The molecule has 8 heteroatoms. The third kappa shape index (κ3) is 3.67. The minimum atomic E-state index is -1.12. The van der Waals surface area contributed by atoms with E-state index in [9.17, 15) is 14.4 Å². The monoisotopic (exact) mass is 290 g/mol. The van der Waals surface area contributed by atoms with Crippen molar-refractivity contribution in [1.29, 1.82) is 0 Å². The molecular weight excluding hydrogens is 276 g/mol. The highest BCUT2D eigenvalue weighted by atomic mass is 32.2. The first kappa shape index (κ1) is 14.9. The van der Waals surface area contributed by atoms with Gasteiger partial charge in [0.25, 0.3) is 0 Å². The third-order valence-electron chi connectivity index (χ3n) is 2.28. The molecule has 18 heavy (non-hydrogen) atoms. The van der Waals surface area contributed by atoms with Gasteiger partial charge in [-0.2, -0.15) is 0 Å². The minimum Gasteiger partial charge on any atom is -0.480 e. The van der Waals surface area contributed by atoms with Crippen molar-refractivity contribution in [2.24, 2.45) is 0 Å². The summed E-state index contributed by atoms with van der Waals surface area (Å²) in [5.74, 6) is -1.77. The normalized spacial score (nSPS) is 19.5. The van der Waals surface area contributed by atoms with E-state index >= 15 is 0 Å². The van der Waals surface area contributed by atoms with Gasteiger partial charge in [-0.15, -0.1) is 0 Å². The topological polar surface area (TPSA) is 86.7 Å². The van der Waals surface area contributed by atoms with Gasteiger partial charge < -0.3 is 10.4 Å². The second kappa shape index (κ2) is 6.14. The van der Waals surface area contributed by atoms with Crippen molar-refractivity contribution < 1.29 is 19.5 Å². The molecule has 0 saturated carbocycles. The van der Waals surface area contributed by atoms with Crippen LogP contribution in [0.5, 0.6) is 0 Å². The number of carbonyl (C=O) groups excluding carboxylic acids is 2. The Morgan fingerprint density at radius 1 is 1.56 bits per heavy atom. The number of nitrogens with one attached hydrogen (secondary N) is 1. The lowest BCUT2D eigenvalue weighted by Crippen LogP contribution is -2.39. The van der Waals surface area contributed by atoms with Crippen molar-refractivity contribution in [3.8, 4) is 0 Å². The lowest BCUT2D eigenvalue weighted by Gasteiger charge is -2.19. The molecular formula is C10H14N2O4S2. The zero-order chi connectivity index (χ0) is 13.9. The van der Waals surface area contributed by atoms with Gasteiger partial charge in [-0.3, -0.25) is 19.3 Å². The van der Waals surface area contributed by atoms with Gasteiger partial charge in [0.1, 0.15) is 10.9 Å². The molecule has 1 atom stereocenters. The fourth-order valence-electron chi connectivity index (χ4n) is 1.48. The summed E-state index contributed by atoms with van der Waals surface area (Å²) in [5.41, 5.74) is 0. The molecule has 0 radical (unpaired) electrons. The van der Waals surface area contributed by atoms with Crippen LogP contribution in [0.4, 0.5) is 0 Å². The highest BCUT2D eigenvalue weighted by molar-refractivity contribution is 8.24. The van der Waals surface area contributed by atoms with E-state index in [0.29, 0.717) is 4.32 Å². The van der Waals surface area contributed by atoms with Crippen LogP contribution < -0.4 is 5.32 Å². The van der Waals surface area contributed by atoms with Gasteiger partial charge in [0, 0.05) is 12.5 Å². The van der Waals surface area contributed by atoms with E-state index < -0.39 is 23.7 Å². The number of carboxylic acids is 1. The molecule has 1 heterocycles. The first-order valence-corrected chi connectivity index (χ1v) is 6.64. The average Bonchev–Trinajstić information content (AvgIpc) is 2.51. The molecule has 0 bridgehead atoms.